The lowest BCUT2D eigenvalue weighted by molar-refractivity contribution is -0.137. The van der Waals surface area contributed by atoms with Crippen LogP contribution in [0.5, 0.6) is 0 Å². The fourth-order valence-electron chi connectivity index (χ4n) is 2.05. The van der Waals surface area contributed by atoms with Gasteiger partial charge in [-0.05, 0) is 42.5 Å². The van der Waals surface area contributed by atoms with E-state index in [4.69, 9.17) is 0 Å². The van der Waals surface area contributed by atoms with E-state index in [1.807, 2.05) is 0 Å². The molecule has 0 radical (unpaired) electrons. The molecule has 0 aliphatic carbocycles. The summed E-state index contributed by atoms with van der Waals surface area (Å²) in [5.74, 6) is -1.49. The molecule has 0 aliphatic heterocycles. The molecule has 0 heterocycles. The highest BCUT2D eigenvalue weighted by Gasteiger charge is 2.34. The van der Waals surface area contributed by atoms with Crippen LogP contribution in [0.3, 0.4) is 0 Å². The van der Waals surface area contributed by atoms with Crippen molar-refractivity contribution in [2.45, 2.75) is 19.1 Å². The predicted molar refractivity (Wildman–Crippen MR) is 72.6 cm³/mol. The Bertz CT molecular complexity index is 723. The van der Waals surface area contributed by atoms with E-state index in [-0.39, 0.29) is 5.56 Å². The Hall–Kier alpha value is -2.42. The van der Waals surface area contributed by atoms with E-state index < -0.39 is 29.4 Å². The van der Waals surface area contributed by atoms with Gasteiger partial charge < -0.3 is 0 Å². The highest BCUT2D eigenvalue weighted by molar-refractivity contribution is 5.38. The molecule has 0 amide bonds. The minimum absolute atomic E-state index is 0.0216. The largest absolute Gasteiger partial charge is 0.416 e. The van der Waals surface area contributed by atoms with Gasteiger partial charge in [0.25, 0.3) is 6.07 Å². The summed E-state index contributed by atoms with van der Waals surface area (Å²) in [5.41, 5.74) is -0.635. The number of nitrogens with zero attached hydrogens (tertiary/aromatic N) is 1. The Labute approximate surface area is 123 Å². The molecule has 0 spiro atoms. The Kier molecular flexibility index (Phi) is 4.45. The van der Waals surface area contributed by atoms with E-state index in [2.05, 4.69) is 10.9 Å². The summed E-state index contributed by atoms with van der Waals surface area (Å²) < 4.78 is 64.9. The van der Waals surface area contributed by atoms with Gasteiger partial charge in [-0.3, -0.25) is 0 Å². The molecule has 0 saturated carbocycles. The molecular weight excluding hydrogens is 301 g/mol. The molecule has 114 valence electrons. The molecule has 1 nitrogen and oxygen atoms in total. The third-order valence-electron chi connectivity index (χ3n) is 3.01. The Morgan fingerprint density at radius 2 is 1.55 bits per heavy atom. The minimum Gasteiger partial charge on any atom is -0.207 e. The zero-order valence-corrected chi connectivity index (χ0v) is 11.5. The molecule has 2 rings (SSSR count). The molecule has 6 heteroatoms. The summed E-state index contributed by atoms with van der Waals surface area (Å²) in [6, 6.07) is 8.93. The lowest BCUT2D eigenvalue weighted by Gasteiger charge is -2.09. The van der Waals surface area contributed by atoms with Crippen LogP contribution in [0, 0.1) is 17.7 Å². The number of benzene rings is 2. The van der Waals surface area contributed by atoms with Gasteiger partial charge >= 0.3 is 12.2 Å². The van der Waals surface area contributed by atoms with Crippen molar-refractivity contribution in [3.8, 4) is 6.07 Å². The Morgan fingerprint density at radius 1 is 0.909 bits per heavy atom. The second-order valence-electron chi connectivity index (χ2n) is 4.58. The van der Waals surface area contributed by atoms with Crippen molar-refractivity contribution in [1.29, 1.82) is 0 Å². The molecule has 2 aromatic carbocycles. The van der Waals surface area contributed by atoms with E-state index in [1.54, 1.807) is 0 Å². The lowest BCUT2D eigenvalue weighted by Crippen LogP contribution is -2.08. The SMILES string of the molecule is CC#[N+]C(c1ccc(F)cc1)c1cc(F)cc(C(F)(F)F)c1. The smallest absolute Gasteiger partial charge is 0.207 e. The second kappa shape index (κ2) is 6.14. The zero-order chi connectivity index (χ0) is 16.3. The van der Waals surface area contributed by atoms with Crippen molar-refractivity contribution in [2.24, 2.45) is 0 Å². The first-order chi connectivity index (χ1) is 10.3. The van der Waals surface area contributed by atoms with E-state index in [0.29, 0.717) is 11.6 Å². The topological polar surface area (TPSA) is 4.36 Å². The van der Waals surface area contributed by atoms with E-state index >= 15 is 0 Å². The van der Waals surface area contributed by atoms with Crippen LogP contribution in [-0.4, -0.2) is 0 Å². The fraction of sp³-hybridized carbons (Fsp3) is 0.188. The predicted octanol–water partition coefficient (Wildman–Crippen LogP) is 5.43. The molecule has 0 saturated heterocycles. The maximum absolute atomic E-state index is 13.5. The van der Waals surface area contributed by atoms with E-state index in [1.165, 1.54) is 19.1 Å². The summed E-state index contributed by atoms with van der Waals surface area (Å²) in [5, 5.41) is 0. The van der Waals surface area contributed by atoms with Crippen LogP contribution in [0.15, 0.2) is 42.5 Å². The average molecular weight is 312 g/mol. The fourth-order valence-corrected chi connectivity index (χ4v) is 2.05. The van der Waals surface area contributed by atoms with Crippen LogP contribution in [0.25, 0.3) is 4.85 Å². The minimum atomic E-state index is -4.66. The van der Waals surface area contributed by atoms with Crippen LogP contribution >= 0.6 is 0 Å². The monoisotopic (exact) mass is 312 g/mol. The number of hydrogen-bond donors (Lipinski definition) is 0. The Balaban J connectivity index is 2.55. The van der Waals surface area contributed by atoms with Gasteiger partial charge in [0.2, 0.25) is 0 Å². The van der Waals surface area contributed by atoms with Gasteiger partial charge in [-0.15, -0.1) is 0 Å². The maximum atomic E-state index is 13.5. The third kappa shape index (κ3) is 3.61. The van der Waals surface area contributed by atoms with Gasteiger partial charge in [-0.1, -0.05) is 4.85 Å². The lowest BCUT2D eigenvalue weighted by atomic mass is 9.97. The van der Waals surface area contributed by atoms with Crippen molar-refractivity contribution in [3.63, 3.8) is 0 Å². The molecule has 0 aliphatic rings. The molecule has 1 atom stereocenters. The van der Waals surface area contributed by atoms with Crippen molar-refractivity contribution in [3.05, 3.63) is 75.6 Å². The Morgan fingerprint density at radius 3 is 2.09 bits per heavy atom. The van der Waals surface area contributed by atoms with Crippen molar-refractivity contribution in [1.82, 2.24) is 0 Å². The molecule has 22 heavy (non-hydrogen) atoms. The van der Waals surface area contributed by atoms with Gasteiger partial charge in [-0.25, -0.2) is 8.78 Å². The summed E-state index contributed by atoms with van der Waals surface area (Å²) in [6.07, 6.45) is -4.66. The second-order valence-corrected chi connectivity index (χ2v) is 4.58. The number of halogens is 5. The van der Waals surface area contributed by atoms with Crippen LogP contribution in [0.4, 0.5) is 22.0 Å². The van der Waals surface area contributed by atoms with Gasteiger partial charge in [0.1, 0.15) is 11.6 Å². The molecule has 2 aromatic rings. The maximum Gasteiger partial charge on any atom is 0.416 e. The molecule has 0 bridgehead atoms. The van der Waals surface area contributed by atoms with E-state index in [9.17, 15) is 22.0 Å². The summed E-state index contributed by atoms with van der Waals surface area (Å²) >= 11 is 0. The number of hydrogen-bond acceptors (Lipinski definition) is 0. The van der Waals surface area contributed by atoms with Crippen LogP contribution in [-0.2, 0) is 6.18 Å². The normalized spacial score (nSPS) is 12.5. The average Bonchev–Trinajstić information content (AvgIpc) is 2.44. The molecule has 1 unspecified atom stereocenters. The molecule has 0 N–H and O–H groups in total. The van der Waals surface area contributed by atoms with Gasteiger partial charge in [0.15, 0.2) is 0 Å². The molecular formula is C16H11F5N+. The summed E-state index contributed by atoms with van der Waals surface area (Å²) in [6.45, 7) is 1.47. The van der Waals surface area contributed by atoms with E-state index in [0.717, 1.165) is 24.3 Å². The zero-order valence-electron chi connectivity index (χ0n) is 11.5. The number of alkyl halides is 3. The van der Waals surface area contributed by atoms with Gasteiger partial charge in [-0.2, -0.15) is 13.2 Å². The van der Waals surface area contributed by atoms with Gasteiger partial charge in [0.05, 0.1) is 12.5 Å². The molecule has 0 aromatic heterocycles. The first-order valence-electron chi connectivity index (χ1n) is 6.31. The van der Waals surface area contributed by atoms with Crippen molar-refractivity contribution >= 4 is 0 Å². The quantitative estimate of drug-likeness (QED) is 0.652. The molecule has 0 fully saturated rings. The van der Waals surface area contributed by atoms with Crippen LogP contribution in [0.2, 0.25) is 0 Å². The summed E-state index contributed by atoms with van der Waals surface area (Å²) in [7, 11) is 0. The summed E-state index contributed by atoms with van der Waals surface area (Å²) in [4.78, 5) is 3.95. The highest BCUT2D eigenvalue weighted by Crippen LogP contribution is 2.34. The van der Waals surface area contributed by atoms with Crippen molar-refractivity contribution in [2.75, 3.05) is 0 Å². The first kappa shape index (κ1) is 16.0. The first-order valence-corrected chi connectivity index (χ1v) is 6.31. The third-order valence-corrected chi connectivity index (χ3v) is 3.01. The standard InChI is InChI=1S/C16H11F5N/c1-2-22-15(10-3-5-13(17)6-4-10)11-7-12(16(19,20)21)9-14(18)8-11/h3-9,15H,1H3/q+1. The highest BCUT2D eigenvalue weighted by atomic mass is 19.4. The van der Waals surface area contributed by atoms with Crippen LogP contribution in [0.1, 0.15) is 29.7 Å². The van der Waals surface area contributed by atoms with Crippen LogP contribution < -0.4 is 0 Å². The van der Waals surface area contributed by atoms with Crippen molar-refractivity contribution < 1.29 is 22.0 Å². The van der Waals surface area contributed by atoms with Gasteiger partial charge in [0, 0.05) is 11.1 Å². The number of rotatable bonds is 2.